The lowest BCUT2D eigenvalue weighted by Gasteiger charge is -2.18. The third-order valence-electron chi connectivity index (χ3n) is 4.26. The number of nitrogens with one attached hydrogen (secondary N) is 1. The minimum absolute atomic E-state index is 0.0260. The van der Waals surface area contributed by atoms with Gasteiger partial charge in [-0.2, -0.15) is 11.8 Å². The maximum Gasteiger partial charge on any atom is 0.0498 e. The third kappa shape index (κ3) is 3.45. The van der Waals surface area contributed by atoms with Gasteiger partial charge in [0.1, 0.15) is 0 Å². The van der Waals surface area contributed by atoms with Crippen LogP contribution in [0.4, 0.5) is 0 Å². The average Bonchev–Trinajstić information content (AvgIpc) is 2.98. The number of para-hydroxylation sites is 1. The number of H-pyrrole nitrogens is 1. The molecule has 0 radical (unpaired) electrons. The second kappa shape index (κ2) is 7.83. The molecule has 0 aliphatic carbocycles. The summed E-state index contributed by atoms with van der Waals surface area (Å²) in [6.45, 7) is 0.0980. The molecule has 1 unspecified atom stereocenters. The van der Waals surface area contributed by atoms with E-state index in [2.05, 4.69) is 29.4 Å². The fourth-order valence-electron chi connectivity index (χ4n) is 3.19. The van der Waals surface area contributed by atoms with E-state index in [-0.39, 0.29) is 12.5 Å². The SMILES string of the molecule is CSCc1cccc2c(C(CCO)c3ccc(Cl)cc3Cl)c[nH]c12. The fourth-order valence-corrected chi connectivity index (χ4v) is 4.29. The smallest absolute Gasteiger partial charge is 0.0498 e. The third-order valence-corrected chi connectivity index (χ3v) is 5.43. The van der Waals surface area contributed by atoms with Crippen molar-refractivity contribution in [2.24, 2.45) is 0 Å². The van der Waals surface area contributed by atoms with Crippen LogP contribution in [0.3, 0.4) is 0 Å². The van der Waals surface area contributed by atoms with Gasteiger partial charge >= 0.3 is 0 Å². The molecule has 0 amide bonds. The number of aliphatic hydroxyl groups excluding tert-OH is 1. The summed E-state index contributed by atoms with van der Waals surface area (Å²) in [5.41, 5.74) is 4.60. The summed E-state index contributed by atoms with van der Waals surface area (Å²) in [5.74, 6) is 0.988. The largest absolute Gasteiger partial charge is 0.396 e. The molecular formula is C19H19Cl2NOS. The first-order chi connectivity index (χ1) is 11.7. The molecule has 1 atom stereocenters. The number of aromatic nitrogens is 1. The van der Waals surface area contributed by atoms with Crippen LogP contribution in [0.5, 0.6) is 0 Å². The Balaban J connectivity index is 2.12. The first-order valence-electron chi connectivity index (χ1n) is 7.79. The Morgan fingerprint density at radius 2 is 2.00 bits per heavy atom. The molecule has 2 N–H and O–H groups in total. The van der Waals surface area contributed by atoms with Crippen molar-refractivity contribution < 1.29 is 5.11 Å². The highest BCUT2D eigenvalue weighted by Crippen LogP contribution is 2.38. The number of halogens is 2. The second-order valence-corrected chi connectivity index (χ2v) is 7.46. The van der Waals surface area contributed by atoms with Crippen molar-refractivity contribution in [2.45, 2.75) is 18.1 Å². The Morgan fingerprint density at radius 1 is 1.17 bits per heavy atom. The molecule has 0 aliphatic rings. The lowest BCUT2D eigenvalue weighted by atomic mass is 9.88. The average molecular weight is 380 g/mol. The van der Waals surface area contributed by atoms with Crippen molar-refractivity contribution in [2.75, 3.05) is 12.9 Å². The van der Waals surface area contributed by atoms with Crippen molar-refractivity contribution in [3.05, 3.63) is 69.3 Å². The van der Waals surface area contributed by atoms with Gasteiger partial charge in [0, 0.05) is 45.4 Å². The van der Waals surface area contributed by atoms with Crippen molar-refractivity contribution >= 4 is 45.9 Å². The summed E-state index contributed by atoms with van der Waals surface area (Å²) in [5, 5.41) is 12.0. The first-order valence-corrected chi connectivity index (χ1v) is 9.94. The molecule has 24 heavy (non-hydrogen) atoms. The van der Waals surface area contributed by atoms with Gasteiger partial charge in [0.05, 0.1) is 0 Å². The van der Waals surface area contributed by atoms with Gasteiger partial charge in [0.25, 0.3) is 0 Å². The minimum Gasteiger partial charge on any atom is -0.396 e. The molecule has 126 valence electrons. The quantitative estimate of drug-likeness (QED) is 0.563. The van der Waals surface area contributed by atoms with Crippen molar-refractivity contribution in [1.29, 1.82) is 0 Å². The van der Waals surface area contributed by atoms with E-state index in [1.54, 1.807) is 17.8 Å². The number of thioether (sulfide) groups is 1. The van der Waals surface area contributed by atoms with Gasteiger partial charge < -0.3 is 10.1 Å². The summed E-state index contributed by atoms with van der Waals surface area (Å²) < 4.78 is 0. The van der Waals surface area contributed by atoms with Crippen LogP contribution in [0, 0.1) is 0 Å². The number of benzene rings is 2. The summed E-state index contributed by atoms with van der Waals surface area (Å²) in [4.78, 5) is 3.42. The Kier molecular flexibility index (Phi) is 5.77. The van der Waals surface area contributed by atoms with Crippen LogP contribution in [0.1, 0.15) is 29.0 Å². The van der Waals surface area contributed by atoms with E-state index in [9.17, 15) is 5.11 Å². The molecule has 0 aliphatic heterocycles. The molecule has 2 aromatic carbocycles. The van der Waals surface area contributed by atoms with Crippen molar-refractivity contribution in [3.63, 3.8) is 0 Å². The van der Waals surface area contributed by atoms with Gasteiger partial charge in [0.2, 0.25) is 0 Å². The van der Waals surface area contributed by atoms with Crippen LogP contribution < -0.4 is 0 Å². The van der Waals surface area contributed by atoms with Crippen molar-refractivity contribution in [3.8, 4) is 0 Å². The van der Waals surface area contributed by atoms with E-state index in [0.29, 0.717) is 16.5 Å². The predicted molar refractivity (Wildman–Crippen MR) is 106 cm³/mol. The van der Waals surface area contributed by atoms with E-state index in [4.69, 9.17) is 23.2 Å². The molecule has 5 heteroatoms. The van der Waals surface area contributed by atoms with Crippen LogP contribution >= 0.6 is 35.0 Å². The lowest BCUT2D eigenvalue weighted by Crippen LogP contribution is -2.04. The van der Waals surface area contributed by atoms with Crippen molar-refractivity contribution in [1.82, 2.24) is 4.98 Å². The Morgan fingerprint density at radius 3 is 2.71 bits per heavy atom. The van der Waals surface area contributed by atoms with Crippen LogP contribution in [0.25, 0.3) is 10.9 Å². The molecule has 3 aromatic rings. The maximum atomic E-state index is 9.57. The highest BCUT2D eigenvalue weighted by molar-refractivity contribution is 7.97. The molecule has 2 nitrogen and oxygen atoms in total. The van der Waals surface area contributed by atoms with E-state index in [1.165, 1.54) is 10.9 Å². The number of aromatic amines is 1. The molecule has 0 bridgehead atoms. The number of rotatable bonds is 6. The van der Waals surface area contributed by atoms with Gasteiger partial charge in [-0.25, -0.2) is 0 Å². The molecule has 1 heterocycles. The van der Waals surface area contributed by atoms with E-state index in [1.807, 2.05) is 18.3 Å². The van der Waals surface area contributed by atoms with Gasteiger partial charge in [-0.1, -0.05) is 47.5 Å². The number of aliphatic hydroxyl groups is 1. The van der Waals surface area contributed by atoms with Crippen LogP contribution in [-0.2, 0) is 5.75 Å². The molecule has 0 saturated heterocycles. The molecule has 3 rings (SSSR count). The van der Waals surface area contributed by atoms with Crippen LogP contribution in [0.15, 0.2) is 42.6 Å². The number of fused-ring (bicyclic) bond motifs is 1. The van der Waals surface area contributed by atoms with Gasteiger partial charge in [-0.3, -0.25) is 0 Å². The standard InChI is InChI=1S/C19H19Cl2NOS/c1-24-11-12-3-2-4-16-17(10-22-19(12)16)14(7-8-23)15-6-5-13(20)9-18(15)21/h2-6,9-10,14,22-23H,7-8,11H2,1H3. The summed E-state index contributed by atoms with van der Waals surface area (Å²) >= 11 is 14.3. The topological polar surface area (TPSA) is 36.0 Å². The van der Waals surface area contributed by atoms with Crippen LogP contribution in [-0.4, -0.2) is 23.0 Å². The number of hydrogen-bond acceptors (Lipinski definition) is 2. The molecule has 0 saturated carbocycles. The summed E-state index contributed by atoms with van der Waals surface area (Å²) in [6, 6.07) is 11.9. The summed E-state index contributed by atoms with van der Waals surface area (Å²) in [6.07, 6.45) is 4.76. The molecule has 1 aromatic heterocycles. The van der Waals surface area contributed by atoms with Gasteiger partial charge in [-0.15, -0.1) is 0 Å². The zero-order valence-electron chi connectivity index (χ0n) is 13.4. The minimum atomic E-state index is 0.0260. The second-order valence-electron chi connectivity index (χ2n) is 5.75. The highest BCUT2D eigenvalue weighted by Gasteiger charge is 2.21. The highest BCUT2D eigenvalue weighted by atomic mass is 35.5. The van der Waals surface area contributed by atoms with E-state index >= 15 is 0 Å². The zero-order valence-corrected chi connectivity index (χ0v) is 15.7. The Bertz CT molecular complexity index is 846. The zero-order chi connectivity index (χ0) is 17.1. The van der Waals surface area contributed by atoms with E-state index in [0.717, 1.165) is 22.4 Å². The Labute approximate surface area is 156 Å². The van der Waals surface area contributed by atoms with Crippen LogP contribution in [0.2, 0.25) is 10.0 Å². The monoisotopic (exact) mass is 379 g/mol. The number of hydrogen-bond donors (Lipinski definition) is 2. The maximum absolute atomic E-state index is 9.57. The first kappa shape index (κ1) is 17.7. The fraction of sp³-hybridized carbons (Fsp3) is 0.263. The summed E-state index contributed by atoms with van der Waals surface area (Å²) in [7, 11) is 0. The van der Waals surface area contributed by atoms with Gasteiger partial charge in [0.15, 0.2) is 0 Å². The lowest BCUT2D eigenvalue weighted by molar-refractivity contribution is 0.282. The molecule has 0 fully saturated rings. The molecule has 0 spiro atoms. The molecular weight excluding hydrogens is 361 g/mol. The van der Waals surface area contributed by atoms with E-state index < -0.39 is 0 Å². The predicted octanol–water partition coefficient (Wildman–Crippen LogP) is 5.85. The Hall–Kier alpha value is -1.13. The van der Waals surface area contributed by atoms with Gasteiger partial charge in [-0.05, 0) is 41.5 Å². The normalized spacial score (nSPS) is 12.7.